The summed E-state index contributed by atoms with van der Waals surface area (Å²) in [7, 11) is 0. The van der Waals surface area contributed by atoms with E-state index >= 15 is 0 Å². The number of furan rings is 1. The minimum Gasteiger partial charge on any atom is -0.455 e. The van der Waals surface area contributed by atoms with E-state index in [0.717, 1.165) is 10.0 Å². The van der Waals surface area contributed by atoms with Gasteiger partial charge in [0.2, 0.25) is 5.91 Å². The van der Waals surface area contributed by atoms with E-state index in [2.05, 4.69) is 26.5 Å². The van der Waals surface area contributed by atoms with Gasteiger partial charge in [-0.2, -0.15) is 5.10 Å². The summed E-state index contributed by atoms with van der Waals surface area (Å²) in [5.74, 6) is 0.640. The Labute approximate surface area is 163 Å². The molecule has 3 rings (SSSR count). The number of hydrazone groups is 1. The van der Waals surface area contributed by atoms with Gasteiger partial charge in [0, 0.05) is 22.2 Å². The molecule has 0 saturated carbocycles. The largest absolute Gasteiger partial charge is 0.455 e. The third-order valence-corrected chi connectivity index (χ3v) is 4.16. The molecule has 0 saturated heterocycles. The predicted molar refractivity (Wildman–Crippen MR) is 104 cm³/mol. The molecule has 136 valence electrons. The van der Waals surface area contributed by atoms with E-state index in [-0.39, 0.29) is 18.0 Å². The Morgan fingerprint density at radius 2 is 1.96 bits per heavy atom. The van der Waals surface area contributed by atoms with Crippen molar-refractivity contribution in [2.45, 2.75) is 6.42 Å². The van der Waals surface area contributed by atoms with Crippen LogP contribution in [0.1, 0.15) is 11.3 Å². The van der Waals surface area contributed by atoms with Gasteiger partial charge in [0.25, 0.3) is 5.69 Å². The van der Waals surface area contributed by atoms with Crippen molar-refractivity contribution in [1.29, 1.82) is 0 Å². The first-order valence-corrected chi connectivity index (χ1v) is 8.71. The van der Waals surface area contributed by atoms with Gasteiger partial charge >= 0.3 is 0 Å². The number of hydrogen-bond donors (Lipinski definition) is 1. The molecule has 1 amide bonds. The van der Waals surface area contributed by atoms with E-state index < -0.39 is 4.92 Å². The number of nitrogens with one attached hydrogen (secondary N) is 1. The van der Waals surface area contributed by atoms with Crippen LogP contribution in [0.4, 0.5) is 5.69 Å². The van der Waals surface area contributed by atoms with Crippen LogP contribution in [0.3, 0.4) is 0 Å². The molecule has 2 aromatic carbocycles. The summed E-state index contributed by atoms with van der Waals surface area (Å²) in [5, 5.41) is 14.7. The van der Waals surface area contributed by atoms with E-state index in [1.54, 1.807) is 24.3 Å². The molecule has 0 aliphatic heterocycles. The number of rotatable bonds is 6. The number of benzene rings is 2. The van der Waals surface area contributed by atoms with Crippen molar-refractivity contribution in [3.8, 4) is 11.3 Å². The average Bonchev–Trinajstić information content (AvgIpc) is 3.13. The number of carbonyl (C=O) groups is 1. The molecule has 1 N–H and O–H groups in total. The smallest absolute Gasteiger partial charge is 0.270 e. The Morgan fingerprint density at radius 3 is 2.70 bits per heavy atom. The van der Waals surface area contributed by atoms with E-state index in [0.29, 0.717) is 17.1 Å². The molecule has 0 unspecified atom stereocenters. The third-order valence-electron chi connectivity index (χ3n) is 3.63. The number of amides is 1. The number of hydrogen-bond acceptors (Lipinski definition) is 5. The van der Waals surface area contributed by atoms with E-state index in [4.69, 9.17) is 4.42 Å². The molecule has 8 heteroatoms. The molecule has 0 aliphatic rings. The van der Waals surface area contributed by atoms with Crippen molar-refractivity contribution >= 4 is 33.7 Å². The first kappa shape index (κ1) is 18.5. The highest BCUT2D eigenvalue weighted by Gasteiger charge is 2.10. The molecule has 0 aliphatic carbocycles. The Balaban J connectivity index is 1.60. The number of non-ortho nitro benzene ring substituents is 1. The summed E-state index contributed by atoms with van der Waals surface area (Å²) in [4.78, 5) is 22.3. The summed E-state index contributed by atoms with van der Waals surface area (Å²) in [6.07, 6.45) is 1.59. The van der Waals surface area contributed by atoms with Crippen LogP contribution in [-0.2, 0) is 11.2 Å². The van der Waals surface area contributed by atoms with Crippen LogP contribution < -0.4 is 5.43 Å². The molecule has 27 heavy (non-hydrogen) atoms. The predicted octanol–water partition coefficient (Wildman–Crippen LogP) is 4.31. The summed E-state index contributed by atoms with van der Waals surface area (Å²) >= 11 is 3.34. The van der Waals surface area contributed by atoms with Crippen molar-refractivity contribution in [3.63, 3.8) is 0 Å². The lowest BCUT2D eigenvalue weighted by Crippen LogP contribution is -2.19. The van der Waals surface area contributed by atoms with Crippen LogP contribution in [0.2, 0.25) is 0 Å². The number of nitro groups is 1. The molecule has 0 atom stereocenters. The zero-order valence-corrected chi connectivity index (χ0v) is 15.5. The first-order chi connectivity index (χ1) is 13.0. The van der Waals surface area contributed by atoms with Crippen molar-refractivity contribution in [2.75, 3.05) is 0 Å². The normalized spacial score (nSPS) is 10.9. The molecule has 7 nitrogen and oxygen atoms in total. The summed E-state index contributed by atoms with van der Waals surface area (Å²) in [6, 6.07) is 16.9. The highest BCUT2D eigenvalue weighted by atomic mass is 79.9. The van der Waals surface area contributed by atoms with Crippen LogP contribution >= 0.6 is 15.9 Å². The van der Waals surface area contributed by atoms with Crippen molar-refractivity contribution in [2.24, 2.45) is 5.10 Å². The van der Waals surface area contributed by atoms with Gasteiger partial charge in [-0.1, -0.05) is 40.2 Å². The molecule has 0 bridgehead atoms. The Hall–Kier alpha value is -3.26. The molecule has 0 spiro atoms. The second kappa shape index (κ2) is 8.41. The highest BCUT2D eigenvalue weighted by molar-refractivity contribution is 9.10. The van der Waals surface area contributed by atoms with Crippen molar-refractivity contribution in [3.05, 3.63) is 86.6 Å². The zero-order valence-electron chi connectivity index (χ0n) is 14.0. The first-order valence-electron chi connectivity index (χ1n) is 7.92. The molecule has 0 fully saturated rings. The lowest BCUT2D eigenvalue weighted by Gasteiger charge is -2.00. The van der Waals surface area contributed by atoms with Gasteiger partial charge in [0.05, 0.1) is 17.6 Å². The second-order valence-electron chi connectivity index (χ2n) is 5.61. The topological polar surface area (TPSA) is 97.7 Å². The summed E-state index contributed by atoms with van der Waals surface area (Å²) < 4.78 is 6.54. The van der Waals surface area contributed by atoms with Gasteiger partial charge in [-0.25, -0.2) is 5.43 Å². The molecule has 1 aromatic heterocycles. The van der Waals surface area contributed by atoms with E-state index in [1.807, 2.05) is 24.3 Å². The maximum absolute atomic E-state index is 11.9. The fourth-order valence-electron chi connectivity index (χ4n) is 2.35. The van der Waals surface area contributed by atoms with E-state index in [1.165, 1.54) is 18.3 Å². The Bertz CT molecular complexity index is 996. The highest BCUT2D eigenvalue weighted by Crippen LogP contribution is 2.25. The van der Waals surface area contributed by atoms with Crippen LogP contribution in [0, 0.1) is 10.1 Å². The lowest BCUT2D eigenvalue weighted by molar-refractivity contribution is -0.384. The molecule has 1 heterocycles. The number of nitrogens with zero attached hydrogens (tertiary/aromatic N) is 2. The third kappa shape index (κ3) is 5.11. The van der Waals surface area contributed by atoms with Gasteiger partial charge < -0.3 is 4.42 Å². The second-order valence-corrected chi connectivity index (χ2v) is 6.52. The maximum atomic E-state index is 11.9. The lowest BCUT2D eigenvalue weighted by atomic mass is 10.1. The van der Waals surface area contributed by atoms with Crippen LogP contribution in [0.25, 0.3) is 11.3 Å². The molecular weight excluding hydrogens is 414 g/mol. The van der Waals surface area contributed by atoms with Crippen molar-refractivity contribution in [1.82, 2.24) is 5.43 Å². The van der Waals surface area contributed by atoms with Crippen LogP contribution in [-0.4, -0.2) is 17.0 Å². The van der Waals surface area contributed by atoms with Gasteiger partial charge in [-0.05, 0) is 29.8 Å². The van der Waals surface area contributed by atoms with Crippen LogP contribution in [0.5, 0.6) is 0 Å². The Kier molecular flexibility index (Phi) is 5.77. The summed E-state index contributed by atoms with van der Waals surface area (Å²) in [5.41, 5.74) is 3.88. The average molecular weight is 428 g/mol. The maximum Gasteiger partial charge on any atom is 0.270 e. The van der Waals surface area contributed by atoms with Gasteiger partial charge in [0.1, 0.15) is 11.5 Å². The number of carbonyl (C=O) groups excluding carboxylic acids is 1. The molecule has 3 aromatic rings. The van der Waals surface area contributed by atoms with Gasteiger partial charge in [0.15, 0.2) is 0 Å². The fraction of sp³-hybridized carbons (Fsp3) is 0.0526. The molecule has 0 radical (unpaired) electrons. The van der Waals surface area contributed by atoms with Gasteiger partial charge in [-0.15, -0.1) is 0 Å². The standard InChI is InChI=1S/C19H14BrN3O4/c20-15-6-4-13(5-7-15)10-19(24)22-21-12-17-8-9-18(27-17)14-2-1-3-16(11-14)23(25)26/h1-9,11-12H,10H2,(H,22,24)/b21-12+. The number of nitro benzene ring substituents is 1. The SMILES string of the molecule is O=C(Cc1ccc(Br)cc1)N/N=C/c1ccc(-c2cccc([N+](=O)[O-])c2)o1. The fourth-order valence-corrected chi connectivity index (χ4v) is 2.61. The quantitative estimate of drug-likeness (QED) is 0.359. The van der Waals surface area contributed by atoms with E-state index in [9.17, 15) is 14.9 Å². The molecular formula is C19H14BrN3O4. The Morgan fingerprint density at radius 1 is 1.19 bits per heavy atom. The van der Waals surface area contributed by atoms with Crippen LogP contribution in [0.15, 0.2) is 74.7 Å². The monoisotopic (exact) mass is 427 g/mol. The number of halogens is 1. The van der Waals surface area contributed by atoms with Crippen molar-refractivity contribution < 1.29 is 14.1 Å². The minimum atomic E-state index is -0.463. The van der Waals surface area contributed by atoms with Gasteiger partial charge in [-0.3, -0.25) is 14.9 Å². The summed E-state index contributed by atoms with van der Waals surface area (Å²) in [6.45, 7) is 0. The minimum absolute atomic E-state index is 0.0145. The zero-order chi connectivity index (χ0) is 19.2.